The fourth-order valence-corrected chi connectivity index (χ4v) is 1.87. The lowest BCUT2D eigenvalue weighted by molar-refractivity contribution is -0.147. The van der Waals surface area contributed by atoms with E-state index in [0.29, 0.717) is 19.6 Å². The van der Waals surface area contributed by atoms with Crippen LogP contribution in [0.15, 0.2) is 0 Å². The van der Waals surface area contributed by atoms with Crippen molar-refractivity contribution in [2.45, 2.75) is 20.0 Å². The van der Waals surface area contributed by atoms with Gasteiger partial charge >= 0.3 is 0 Å². The van der Waals surface area contributed by atoms with Gasteiger partial charge in [-0.3, -0.25) is 9.59 Å². The Morgan fingerprint density at radius 1 is 1.50 bits per heavy atom. The van der Waals surface area contributed by atoms with E-state index < -0.39 is 0 Å². The predicted octanol–water partition coefficient (Wildman–Crippen LogP) is -0.288. The van der Waals surface area contributed by atoms with Crippen LogP contribution >= 0.6 is 0 Å². The lowest BCUT2D eigenvalue weighted by atomic mass is 10.1. The molecule has 5 nitrogen and oxygen atoms in total. The van der Waals surface area contributed by atoms with Gasteiger partial charge < -0.3 is 14.5 Å². The molecule has 16 heavy (non-hydrogen) atoms. The van der Waals surface area contributed by atoms with E-state index in [4.69, 9.17) is 4.74 Å². The van der Waals surface area contributed by atoms with Crippen LogP contribution in [-0.2, 0) is 14.3 Å². The van der Waals surface area contributed by atoms with Crippen molar-refractivity contribution < 1.29 is 14.3 Å². The lowest BCUT2D eigenvalue weighted by Gasteiger charge is -2.34. The van der Waals surface area contributed by atoms with Gasteiger partial charge in [-0.1, -0.05) is 13.8 Å². The quantitative estimate of drug-likeness (QED) is 0.621. The zero-order chi connectivity index (χ0) is 11.7. The van der Waals surface area contributed by atoms with E-state index in [1.54, 1.807) is 9.80 Å². The van der Waals surface area contributed by atoms with Gasteiger partial charge in [-0.25, -0.2) is 0 Å². The van der Waals surface area contributed by atoms with Gasteiger partial charge in [0, 0.05) is 25.6 Å². The minimum Gasteiger partial charge on any atom is -0.371 e. The van der Waals surface area contributed by atoms with Crippen molar-refractivity contribution in [2.24, 2.45) is 5.92 Å². The molecule has 2 fully saturated rings. The van der Waals surface area contributed by atoms with Crippen molar-refractivity contribution >= 4 is 11.8 Å². The third kappa shape index (κ3) is 2.52. The Morgan fingerprint density at radius 3 is 2.69 bits per heavy atom. The van der Waals surface area contributed by atoms with E-state index in [1.807, 2.05) is 13.8 Å². The molecule has 90 valence electrons. The Morgan fingerprint density at radius 2 is 2.19 bits per heavy atom. The summed E-state index contributed by atoms with van der Waals surface area (Å²) in [6.45, 7) is 6.67. The highest BCUT2D eigenvalue weighted by Gasteiger charge is 2.32. The predicted molar refractivity (Wildman–Crippen MR) is 57.7 cm³/mol. The number of amides is 2. The smallest absolute Gasteiger partial charge is 0.242 e. The van der Waals surface area contributed by atoms with Crippen LogP contribution in [0.1, 0.15) is 13.8 Å². The van der Waals surface area contributed by atoms with Crippen LogP contribution in [0, 0.1) is 5.92 Å². The molecule has 0 spiro atoms. The maximum Gasteiger partial charge on any atom is 0.242 e. The summed E-state index contributed by atoms with van der Waals surface area (Å²) in [5.74, 6) is 0.0672. The molecule has 0 aromatic heterocycles. The average Bonchev–Trinajstić information content (AvgIpc) is 3.03. The summed E-state index contributed by atoms with van der Waals surface area (Å²) in [5, 5.41) is 0. The Bertz CT molecular complexity index is 300. The van der Waals surface area contributed by atoms with Crippen LogP contribution in [0.3, 0.4) is 0 Å². The first-order valence-corrected chi connectivity index (χ1v) is 5.76. The van der Waals surface area contributed by atoms with Crippen molar-refractivity contribution in [2.75, 3.05) is 32.8 Å². The van der Waals surface area contributed by atoms with Crippen molar-refractivity contribution in [3.05, 3.63) is 0 Å². The molecule has 0 unspecified atom stereocenters. The van der Waals surface area contributed by atoms with Gasteiger partial charge in [0.05, 0.1) is 19.3 Å². The van der Waals surface area contributed by atoms with Gasteiger partial charge in [0.2, 0.25) is 11.8 Å². The molecule has 0 radical (unpaired) electrons. The molecule has 2 rings (SSSR count). The maximum atomic E-state index is 11.8. The second kappa shape index (κ2) is 4.41. The molecule has 0 aromatic rings. The van der Waals surface area contributed by atoms with E-state index in [1.165, 1.54) is 0 Å². The van der Waals surface area contributed by atoms with Crippen molar-refractivity contribution in [1.29, 1.82) is 0 Å². The minimum absolute atomic E-state index is 0.0360. The number of hydrogen-bond donors (Lipinski definition) is 0. The second-order valence-corrected chi connectivity index (χ2v) is 4.71. The minimum atomic E-state index is -0.0360. The van der Waals surface area contributed by atoms with Gasteiger partial charge in [0.1, 0.15) is 0 Å². The zero-order valence-corrected chi connectivity index (χ0v) is 9.81. The molecular formula is C11H18N2O3. The van der Waals surface area contributed by atoms with Gasteiger partial charge in [-0.05, 0) is 0 Å². The van der Waals surface area contributed by atoms with E-state index in [9.17, 15) is 9.59 Å². The fraction of sp³-hybridized carbons (Fsp3) is 0.818. The number of hydrogen-bond acceptors (Lipinski definition) is 3. The number of carbonyl (C=O) groups is 2. The summed E-state index contributed by atoms with van der Waals surface area (Å²) < 4.78 is 5.10. The highest BCUT2D eigenvalue weighted by molar-refractivity contribution is 5.86. The number of rotatable bonds is 3. The summed E-state index contributed by atoms with van der Waals surface area (Å²) in [7, 11) is 0. The van der Waals surface area contributed by atoms with Gasteiger partial charge in [0.15, 0.2) is 0 Å². The Labute approximate surface area is 95.3 Å². The molecule has 5 heteroatoms. The van der Waals surface area contributed by atoms with Crippen LogP contribution < -0.4 is 0 Å². The maximum absolute atomic E-state index is 11.8. The lowest BCUT2D eigenvalue weighted by Crippen LogP contribution is -2.53. The van der Waals surface area contributed by atoms with Crippen LogP contribution in [0.4, 0.5) is 0 Å². The molecule has 0 bridgehead atoms. The van der Waals surface area contributed by atoms with E-state index in [-0.39, 0.29) is 30.4 Å². The summed E-state index contributed by atoms with van der Waals surface area (Å²) in [5.41, 5.74) is 0. The molecule has 2 heterocycles. The second-order valence-electron chi connectivity index (χ2n) is 4.71. The molecule has 0 aromatic carbocycles. The summed E-state index contributed by atoms with van der Waals surface area (Å²) in [6, 6.07) is 0. The van der Waals surface area contributed by atoms with E-state index >= 15 is 0 Å². The zero-order valence-electron chi connectivity index (χ0n) is 9.81. The molecule has 2 saturated heterocycles. The first-order valence-electron chi connectivity index (χ1n) is 5.76. The third-order valence-corrected chi connectivity index (χ3v) is 2.95. The van der Waals surface area contributed by atoms with Crippen LogP contribution in [-0.4, -0.2) is 60.5 Å². The molecule has 1 atom stereocenters. The number of carbonyl (C=O) groups excluding carboxylic acids is 2. The highest BCUT2D eigenvalue weighted by Crippen LogP contribution is 2.14. The van der Waals surface area contributed by atoms with Crippen molar-refractivity contribution in [3.63, 3.8) is 0 Å². The fourth-order valence-electron chi connectivity index (χ4n) is 1.87. The van der Waals surface area contributed by atoms with Crippen LogP contribution in [0.5, 0.6) is 0 Å². The number of piperazine rings is 1. The standard InChI is InChI=1S/C11H18N2O3/c1-8(2)11(15)13-4-3-12(10(14)6-13)5-9-7-16-9/h8-9H,3-7H2,1-2H3/t9-/m1/s1. The van der Waals surface area contributed by atoms with E-state index in [2.05, 4.69) is 0 Å². The van der Waals surface area contributed by atoms with Gasteiger partial charge in [0.25, 0.3) is 0 Å². The highest BCUT2D eigenvalue weighted by atomic mass is 16.6. The first kappa shape index (κ1) is 11.4. The third-order valence-electron chi connectivity index (χ3n) is 2.95. The molecule has 0 N–H and O–H groups in total. The Kier molecular flexibility index (Phi) is 3.14. The summed E-state index contributed by atoms with van der Waals surface area (Å²) >= 11 is 0. The largest absolute Gasteiger partial charge is 0.371 e. The van der Waals surface area contributed by atoms with Gasteiger partial charge in [-0.2, -0.15) is 0 Å². The summed E-state index contributed by atoms with van der Waals surface area (Å²) in [6.07, 6.45) is 0.233. The molecule has 2 aliphatic heterocycles. The molecule has 0 saturated carbocycles. The normalized spacial score (nSPS) is 25.2. The first-order chi connectivity index (χ1) is 7.58. The monoisotopic (exact) mass is 226 g/mol. The molecule has 2 amide bonds. The van der Waals surface area contributed by atoms with Crippen molar-refractivity contribution in [3.8, 4) is 0 Å². The average molecular weight is 226 g/mol. The SMILES string of the molecule is CC(C)C(=O)N1CCN(C[C@@H]2CO2)C(=O)C1. The molecule has 0 aliphatic carbocycles. The van der Waals surface area contributed by atoms with Crippen molar-refractivity contribution in [1.82, 2.24) is 9.80 Å². The number of nitrogens with zero attached hydrogens (tertiary/aromatic N) is 2. The Hall–Kier alpha value is -1.10. The molecule has 2 aliphatic rings. The summed E-state index contributed by atoms with van der Waals surface area (Å²) in [4.78, 5) is 26.9. The van der Waals surface area contributed by atoms with E-state index in [0.717, 1.165) is 6.61 Å². The van der Waals surface area contributed by atoms with Crippen LogP contribution in [0.2, 0.25) is 0 Å². The molecular weight excluding hydrogens is 208 g/mol. The van der Waals surface area contributed by atoms with Gasteiger partial charge in [-0.15, -0.1) is 0 Å². The number of ether oxygens (including phenoxy) is 1. The number of epoxide rings is 1. The Balaban J connectivity index is 1.86. The van der Waals surface area contributed by atoms with Crippen LogP contribution in [0.25, 0.3) is 0 Å². The topological polar surface area (TPSA) is 53.2 Å².